The standard InChI is InChI=1S/C27H31NO6/c1-16(2)10-12-33-21-9-7-18(15-22(21)32-5)24-23-25(29)19-14-17(3)6-8-20(19)34-26(23)27(30)28(24)11-13-31-4/h6-9,14-16,24H,10-13H2,1-5H3. The number of nitrogens with zero attached hydrogens (tertiary/aromatic N) is 1. The van der Waals surface area contributed by atoms with Crippen molar-refractivity contribution < 1.29 is 23.4 Å². The minimum absolute atomic E-state index is 0.0821. The van der Waals surface area contributed by atoms with Crippen molar-refractivity contribution in [3.63, 3.8) is 0 Å². The zero-order valence-corrected chi connectivity index (χ0v) is 20.3. The van der Waals surface area contributed by atoms with Gasteiger partial charge in [0.25, 0.3) is 5.91 Å². The molecule has 1 aliphatic heterocycles. The highest BCUT2D eigenvalue weighted by molar-refractivity contribution is 5.99. The van der Waals surface area contributed by atoms with Crippen LogP contribution in [0.2, 0.25) is 0 Å². The number of fused-ring (bicyclic) bond motifs is 2. The summed E-state index contributed by atoms with van der Waals surface area (Å²) in [6.07, 6.45) is 0.924. The molecule has 4 rings (SSSR count). The molecule has 0 saturated heterocycles. The number of benzene rings is 2. The fraction of sp³-hybridized carbons (Fsp3) is 0.407. The molecule has 3 aromatic rings. The lowest BCUT2D eigenvalue weighted by atomic mass is 9.97. The highest BCUT2D eigenvalue weighted by Crippen LogP contribution is 2.41. The van der Waals surface area contributed by atoms with Crippen molar-refractivity contribution >= 4 is 16.9 Å². The minimum atomic E-state index is -0.613. The Kier molecular flexibility index (Phi) is 6.93. The van der Waals surface area contributed by atoms with Crippen molar-refractivity contribution in [1.29, 1.82) is 0 Å². The van der Waals surface area contributed by atoms with Gasteiger partial charge >= 0.3 is 0 Å². The number of carbonyl (C=O) groups is 1. The number of amides is 1. The molecular formula is C27H31NO6. The van der Waals surface area contributed by atoms with E-state index in [0.29, 0.717) is 53.7 Å². The molecule has 1 aromatic heterocycles. The first-order chi connectivity index (χ1) is 16.3. The summed E-state index contributed by atoms with van der Waals surface area (Å²) < 4.78 is 22.7. The van der Waals surface area contributed by atoms with E-state index in [0.717, 1.165) is 17.5 Å². The average molecular weight is 466 g/mol. The molecule has 0 bridgehead atoms. The van der Waals surface area contributed by atoms with Crippen molar-refractivity contribution in [2.45, 2.75) is 33.2 Å². The Hall–Kier alpha value is -3.32. The number of carbonyl (C=O) groups excluding carboxylic acids is 1. The average Bonchev–Trinajstić information content (AvgIpc) is 3.10. The number of methoxy groups -OCH3 is 2. The van der Waals surface area contributed by atoms with Crippen molar-refractivity contribution in [2.24, 2.45) is 5.92 Å². The van der Waals surface area contributed by atoms with E-state index in [1.807, 2.05) is 31.2 Å². The summed E-state index contributed by atoms with van der Waals surface area (Å²) in [6.45, 7) is 7.42. The van der Waals surface area contributed by atoms with Gasteiger partial charge in [0.05, 0.1) is 37.3 Å². The van der Waals surface area contributed by atoms with Crippen LogP contribution in [0.3, 0.4) is 0 Å². The summed E-state index contributed by atoms with van der Waals surface area (Å²) in [4.78, 5) is 28.6. The van der Waals surface area contributed by atoms with Crippen LogP contribution >= 0.6 is 0 Å². The molecule has 0 fully saturated rings. The van der Waals surface area contributed by atoms with Gasteiger partial charge in [-0.2, -0.15) is 0 Å². The molecule has 0 aliphatic carbocycles. The second kappa shape index (κ2) is 9.89. The first kappa shape index (κ1) is 23.8. The van der Waals surface area contributed by atoms with Crippen molar-refractivity contribution in [1.82, 2.24) is 4.90 Å². The van der Waals surface area contributed by atoms with Crippen LogP contribution in [0.5, 0.6) is 11.5 Å². The highest BCUT2D eigenvalue weighted by atomic mass is 16.5. The topological polar surface area (TPSA) is 78.2 Å². The molecule has 2 heterocycles. The van der Waals surface area contributed by atoms with E-state index in [1.165, 1.54) is 0 Å². The van der Waals surface area contributed by atoms with E-state index in [4.69, 9.17) is 18.6 Å². The SMILES string of the molecule is COCCN1C(=O)c2oc3ccc(C)cc3c(=O)c2C1c1ccc(OCCC(C)C)c(OC)c1. The Morgan fingerprint density at radius 1 is 1.03 bits per heavy atom. The molecular weight excluding hydrogens is 434 g/mol. The van der Waals surface area contributed by atoms with Crippen molar-refractivity contribution in [3.05, 3.63) is 69.1 Å². The van der Waals surface area contributed by atoms with Crippen LogP contribution in [0.15, 0.2) is 45.6 Å². The number of aryl methyl sites for hydroxylation is 1. The van der Waals surface area contributed by atoms with Gasteiger partial charge in [-0.3, -0.25) is 9.59 Å². The van der Waals surface area contributed by atoms with Gasteiger partial charge in [0.15, 0.2) is 16.9 Å². The number of ether oxygens (including phenoxy) is 3. The van der Waals surface area contributed by atoms with E-state index in [9.17, 15) is 9.59 Å². The molecule has 180 valence electrons. The lowest BCUT2D eigenvalue weighted by Crippen LogP contribution is -2.32. The molecule has 0 spiro atoms. The molecule has 1 aliphatic rings. The molecule has 0 saturated carbocycles. The Bertz CT molecular complexity index is 1260. The maximum absolute atomic E-state index is 13.6. The van der Waals surface area contributed by atoms with E-state index >= 15 is 0 Å². The van der Waals surface area contributed by atoms with Gasteiger partial charge in [0.2, 0.25) is 5.76 Å². The predicted molar refractivity (Wildman–Crippen MR) is 130 cm³/mol. The molecule has 0 radical (unpaired) electrons. The quantitative estimate of drug-likeness (QED) is 0.455. The zero-order valence-electron chi connectivity index (χ0n) is 20.3. The smallest absolute Gasteiger partial charge is 0.290 e. The van der Waals surface area contributed by atoms with Crippen LogP contribution in [0, 0.1) is 12.8 Å². The molecule has 1 unspecified atom stereocenters. The molecule has 1 atom stereocenters. The Morgan fingerprint density at radius 2 is 1.82 bits per heavy atom. The van der Waals surface area contributed by atoms with Gasteiger partial charge in [-0.05, 0) is 49.1 Å². The summed E-state index contributed by atoms with van der Waals surface area (Å²) in [7, 11) is 3.16. The lowest BCUT2D eigenvalue weighted by Gasteiger charge is -2.25. The van der Waals surface area contributed by atoms with Crippen LogP contribution in [0.1, 0.15) is 53.6 Å². The third-order valence-corrected chi connectivity index (χ3v) is 6.11. The molecule has 34 heavy (non-hydrogen) atoms. The second-order valence-corrected chi connectivity index (χ2v) is 9.01. The summed E-state index contributed by atoms with van der Waals surface area (Å²) in [5.41, 5.74) is 2.24. The number of hydrogen-bond donors (Lipinski definition) is 0. The van der Waals surface area contributed by atoms with E-state index in [1.54, 1.807) is 31.3 Å². The molecule has 2 aromatic carbocycles. The van der Waals surface area contributed by atoms with Crippen LogP contribution in [-0.4, -0.2) is 44.8 Å². The van der Waals surface area contributed by atoms with Crippen LogP contribution in [-0.2, 0) is 4.74 Å². The Morgan fingerprint density at radius 3 is 2.53 bits per heavy atom. The fourth-order valence-electron chi connectivity index (χ4n) is 4.28. The fourth-order valence-corrected chi connectivity index (χ4v) is 4.28. The van der Waals surface area contributed by atoms with Gasteiger partial charge < -0.3 is 23.5 Å². The Balaban J connectivity index is 1.82. The highest BCUT2D eigenvalue weighted by Gasteiger charge is 2.42. The van der Waals surface area contributed by atoms with Crippen molar-refractivity contribution in [2.75, 3.05) is 34.0 Å². The first-order valence-electron chi connectivity index (χ1n) is 11.5. The largest absolute Gasteiger partial charge is 0.493 e. The van der Waals surface area contributed by atoms with E-state index in [-0.39, 0.29) is 17.1 Å². The molecule has 0 N–H and O–H groups in total. The van der Waals surface area contributed by atoms with Crippen LogP contribution in [0.4, 0.5) is 0 Å². The number of rotatable bonds is 9. The maximum Gasteiger partial charge on any atom is 0.290 e. The zero-order chi connectivity index (χ0) is 24.4. The van der Waals surface area contributed by atoms with Crippen LogP contribution < -0.4 is 14.9 Å². The van der Waals surface area contributed by atoms with Crippen molar-refractivity contribution in [3.8, 4) is 11.5 Å². The number of hydrogen-bond acceptors (Lipinski definition) is 6. The van der Waals surface area contributed by atoms with Gasteiger partial charge in [0.1, 0.15) is 5.58 Å². The summed E-state index contributed by atoms with van der Waals surface area (Å²) >= 11 is 0. The maximum atomic E-state index is 13.6. The lowest BCUT2D eigenvalue weighted by molar-refractivity contribution is 0.0663. The third-order valence-electron chi connectivity index (χ3n) is 6.11. The molecule has 7 heteroatoms. The van der Waals surface area contributed by atoms with E-state index < -0.39 is 6.04 Å². The first-order valence-corrected chi connectivity index (χ1v) is 11.5. The predicted octanol–water partition coefficient (Wildman–Crippen LogP) is 4.73. The van der Waals surface area contributed by atoms with Gasteiger partial charge in [-0.25, -0.2) is 0 Å². The minimum Gasteiger partial charge on any atom is -0.493 e. The van der Waals surface area contributed by atoms with Gasteiger partial charge in [0, 0.05) is 13.7 Å². The Labute approximate surface area is 199 Å². The summed E-state index contributed by atoms with van der Waals surface area (Å²) in [5.74, 6) is 1.46. The molecule has 7 nitrogen and oxygen atoms in total. The van der Waals surface area contributed by atoms with E-state index in [2.05, 4.69) is 13.8 Å². The normalized spacial score (nSPS) is 15.3. The monoisotopic (exact) mass is 465 g/mol. The van der Waals surface area contributed by atoms with Gasteiger partial charge in [-0.1, -0.05) is 31.5 Å². The second-order valence-electron chi connectivity index (χ2n) is 9.01. The van der Waals surface area contributed by atoms with Crippen LogP contribution in [0.25, 0.3) is 11.0 Å². The third kappa shape index (κ3) is 4.40. The summed E-state index contributed by atoms with van der Waals surface area (Å²) in [6, 6.07) is 10.3. The summed E-state index contributed by atoms with van der Waals surface area (Å²) in [5, 5.41) is 0.464. The molecule has 1 amide bonds. The van der Waals surface area contributed by atoms with Gasteiger partial charge in [-0.15, -0.1) is 0 Å².